The third-order valence-electron chi connectivity index (χ3n) is 3.31. The average Bonchev–Trinajstić information content (AvgIpc) is 2.53. The van der Waals surface area contributed by atoms with Crippen LogP contribution in [0.5, 0.6) is 5.75 Å². The molecule has 0 saturated heterocycles. The zero-order valence-electron chi connectivity index (χ0n) is 12.5. The minimum atomic E-state index is -4.38. The molecular weight excluding hydrogens is 307 g/mol. The predicted molar refractivity (Wildman–Crippen MR) is 81.4 cm³/mol. The summed E-state index contributed by atoms with van der Waals surface area (Å²) in [7, 11) is 1.56. The average molecular weight is 323 g/mol. The highest BCUT2D eigenvalue weighted by Crippen LogP contribution is 2.29. The maximum absolute atomic E-state index is 12.5. The Morgan fingerprint density at radius 2 is 1.74 bits per heavy atom. The Morgan fingerprint density at radius 1 is 1.09 bits per heavy atom. The van der Waals surface area contributed by atoms with Gasteiger partial charge in [-0.1, -0.05) is 18.2 Å². The van der Waals surface area contributed by atoms with Gasteiger partial charge < -0.3 is 10.1 Å². The SMILES string of the molecule is COc1ccccc1CCC(=O)Nc1ccc(C(F)(F)F)cc1. The Kier molecular flexibility index (Phi) is 5.26. The molecule has 0 fully saturated rings. The highest BCUT2D eigenvalue weighted by atomic mass is 19.4. The van der Waals surface area contributed by atoms with Gasteiger partial charge in [0.05, 0.1) is 12.7 Å². The van der Waals surface area contributed by atoms with Gasteiger partial charge in [0.1, 0.15) is 5.75 Å². The number of aryl methyl sites for hydroxylation is 1. The van der Waals surface area contributed by atoms with E-state index in [2.05, 4.69) is 5.32 Å². The van der Waals surface area contributed by atoms with Crippen molar-refractivity contribution >= 4 is 11.6 Å². The number of anilines is 1. The molecule has 3 nitrogen and oxygen atoms in total. The number of para-hydroxylation sites is 1. The van der Waals surface area contributed by atoms with Crippen LogP contribution in [-0.2, 0) is 17.4 Å². The van der Waals surface area contributed by atoms with Crippen LogP contribution >= 0.6 is 0 Å². The first-order valence-electron chi connectivity index (χ1n) is 6.99. The van der Waals surface area contributed by atoms with Gasteiger partial charge in [-0.05, 0) is 42.3 Å². The van der Waals surface area contributed by atoms with Crippen LogP contribution in [-0.4, -0.2) is 13.0 Å². The second-order valence-electron chi connectivity index (χ2n) is 4.94. The standard InChI is InChI=1S/C17H16F3NO2/c1-23-15-5-3-2-4-12(15)6-11-16(22)21-14-9-7-13(8-10-14)17(18,19)20/h2-5,7-10H,6,11H2,1H3,(H,21,22). The second kappa shape index (κ2) is 7.17. The number of hydrogen-bond donors (Lipinski definition) is 1. The van der Waals surface area contributed by atoms with E-state index in [1.165, 1.54) is 12.1 Å². The Bertz CT molecular complexity index is 666. The van der Waals surface area contributed by atoms with Crippen LogP contribution < -0.4 is 10.1 Å². The van der Waals surface area contributed by atoms with Crippen molar-refractivity contribution in [3.8, 4) is 5.75 Å². The van der Waals surface area contributed by atoms with Crippen molar-refractivity contribution < 1.29 is 22.7 Å². The maximum atomic E-state index is 12.5. The number of rotatable bonds is 5. The van der Waals surface area contributed by atoms with E-state index in [0.717, 1.165) is 17.7 Å². The lowest BCUT2D eigenvalue weighted by Gasteiger charge is -2.10. The predicted octanol–water partition coefficient (Wildman–Crippen LogP) is 4.29. The molecular formula is C17H16F3NO2. The summed E-state index contributed by atoms with van der Waals surface area (Å²) in [6, 6.07) is 11.7. The summed E-state index contributed by atoms with van der Waals surface area (Å²) >= 11 is 0. The summed E-state index contributed by atoms with van der Waals surface area (Å²) in [4.78, 5) is 11.9. The molecule has 0 aromatic heterocycles. The molecule has 0 aliphatic heterocycles. The van der Waals surface area contributed by atoms with Crippen molar-refractivity contribution in [3.63, 3.8) is 0 Å². The molecule has 1 amide bonds. The van der Waals surface area contributed by atoms with E-state index >= 15 is 0 Å². The van der Waals surface area contributed by atoms with Crippen molar-refractivity contribution in [2.45, 2.75) is 19.0 Å². The van der Waals surface area contributed by atoms with Crippen LogP contribution in [0.2, 0.25) is 0 Å². The lowest BCUT2D eigenvalue weighted by molar-refractivity contribution is -0.137. The summed E-state index contributed by atoms with van der Waals surface area (Å²) in [5.74, 6) is 0.436. The number of halogens is 3. The molecule has 0 spiro atoms. The lowest BCUT2D eigenvalue weighted by atomic mass is 10.1. The maximum Gasteiger partial charge on any atom is 0.416 e. The first-order valence-corrected chi connectivity index (χ1v) is 6.99. The van der Waals surface area contributed by atoms with Crippen LogP contribution in [0.1, 0.15) is 17.5 Å². The Hall–Kier alpha value is -2.50. The minimum absolute atomic E-state index is 0.210. The molecule has 2 aromatic rings. The van der Waals surface area contributed by atoms with Gasteiger partial charge in [-0.2, -0.15) is 13.2 Å². The van der Waals surface area contributed by atoms with Crippen LogP contribution in [0.15, 0.2) is 48.5 Å². The fourth-order valence-electron chi connectivity index (χ4n) is 2.12. The number of hydrogen-bond acceptors (Lipinski definition) is 2. The highest BCUT2D eigenvalue weighted by Gasteiger charge is 2.29. The van der Waals surface area contributed by atoms with Crippen molar-refractivity contribution in [2.24, 2.45) is 0 Å². The van der Waals surface area contributed by atoms with E-state index in [1.54, 1.807) is 7.11 Å². The van der Waals surface area contributed by atoms with Gasteiger partial charge in [0.25, 0.3) is 0 Å². The first-order chi connectivity index (χ1) is 10.9. The smallest absolute Gasteiger partial charge is 0.416 e. The van der Waals surface area contributed by atoms with Gasteiger partial charge in [0.15, 0.2) is 0 Å². The van der Waals surface area contributed by atoms with E-state index in [0.29, 0.717) is 17.9 Å². The molecule has 0 aliphatic carbocycles. The van der Waals surface area contributed by atoms with E-state index in [1.807, 2.05) is 24.3 Å². The molecule has 2 aromatic carbocycles. The van der Waals surface area contributed by atoms with Crippen molar-refractivity contribution in [1.82, 2.24) is 0 Å². The molecule has 122 valence electrons. The first kappa shape index (κ1) is 16.9. The monoisotopic (exact) mass is 323 g/mol. The van der Waals surface area contributed by atoms with E-state index < -0.39 is 11.7 Å². The van der Waals surface area contributed by atoms with Gasteiger partial charge in [-0.15, -0.1) is 0 Å². The van der Waals surface area contributed by atoms with Gasteiger partial charge in [0.2, 0.25) is 5.91 Å². The third kappa shape index (κ3) is 4.74. The number of carbonyl (C=O) groups is 1. The molecule has 0 radical (unpaired) electrons. The zero-order chi connectivity index (χ0) is 16.9. The third-order valence-corrected chi connectivity index (χ3v) is 3.31. The summed E-state index contributed by atoms with van der Waals surface area (Å²) in [6.07, 6.45) is -3.69. The molecule has 2 rings (SSSR count). The summed E-state index contributed by atoms with van der Waals surface area (Å²) in [5, 5.41) is 2.58. The minimum Gasteiger partial charge on any atom is -0.496 e. The fourth-order valence-corrected chi connectivity index (χ4v) is 2.12. The van der Waals surface area contributed by atoms with Gasteiger partial charge >= 0.3 is 6.18 Å². The number of alkyl halides is 3. The normalized spacial score (nSPS) is 11.1. The van der Waals surface area contributed by atoms with E-state index in [-0.39, 0.29) is 12.3 Å². The number of carbonyl (C=O) groups excluding carboxylic acids is 1. The number of amides is 1. The molecule has 0 unspecified atom stereocenters. The second-order valence-corrected chi connectivity index (χ2v) is 4.94. The zero-order valence-corrected chi connectivity index (χ0v) is 12.5. The number of benzene rings is 2. The molecule has 1 N–H and O–H groups in total. The Labute approximate surface area is 132 Å². The Morgan fingerprint density at radius 3 is 2.35 bits per heavy atom. The summed E-state index contributed by atoms with van der Waals surface area (Å²) in [5.41, 5.74) is 0.491. The highest BCUT2D eigenvalue weighted by molar-refractivity contribution is 5.90. The summed E-state index contributed by atoms with van der Waals surface area (Å²) in [6.45, 7) is 0. The molecule has 23 heavy (non-hydrogen) atoms. The van der Waals surface area contributed by atoms with Crippen molar-refractivity contribution in [3.05, 3.63) is 59.7 Å². The molecule has 0 aliphatic rings. The van der Waals surface area contributed by atoms with E-state index in [4.69, 9.17) is 4.74 Å². The quantitative estimate of drug-likeness (QED) is 0.891. The topological polar surface area (TPSA) is 38.3 Å². The largest absolute Gasteiger partial charge is 0.496 e. The van der Waals surface area contributed by atoms with Gasteiger partial charge in [0, 0.05) is 12.1 Å². The fraction of sp³-hybridized carbons (Fsp3) is 0.235. The number of nitrogens with one attached hydrogen (secondary N) is 1. The van der Waals surface area contributed by atoms with Crippen molar-refractivity contribution in [1.29, 1.82) is 0 Å². The molecule has 0 bridgehead atoms. The summed E-state index contributed by atoms with van der Waals surface area (Å²) < 4.78 is 42.6. The molecule has 6 heteroatoms. The van der Waals surface area contributed by atoms with Crippen LogP contribution in [0.25, 0.3) is 0 Å². The number of ether oxygens (including phenoxy) is 1. The van der Waals surface area contributed by atoms with Crippen LogP contribution in [0, 0.1) is 0 Å². The van der Waals surface area contributed by atoms with E-state index in [9.17, 15) is 18.0 Å². The lowest BCUT2D eigenvalue weighted by Crippen LogP contribution is -2.13. The Balaban J connectivity index is 1.92. The van der Waals surface area contributed by atoms with Crippen LogP contribution in [0.3, 0.4) is 0 Å². The van der Waals surface area contributed by atoms with Gasteiger partial charge in [-0.3, -0.25) is 4.79 Å². The van der Waals surface area contributed by atoms with Gasteiger partial charge in [-0.25, -0.2) is 0 Å². The molecule has 0 atom stereocenters. The number of methoxy groups -OCH3 is 1. The molecule has 0 heterocycles. The van der Waals surface area contributed by atoms with Crippen LogP contribution in [0.4, 0.5) is 18.9 Å². The van der Waals surface area contributed by atoms with Crippen molar-refractivity contribution in [2.75, 3.05) is 12.4 Å². The molecule has 0 saturated carbocycles.